The van der Waals surface area contributed by atoms with Crippen LogP contribution in [0.3, 0.4) is 0 Å². The van der Waals surface area contributed by atoms with Crippen LogP contribution in [0.2, 0.25) is 0 Å². The molecule has 0 atom stereocenters. The van der Waals surface area contributed by atoms with Crippen molar-refractivity contribution in [2.45, 2.75) is 20.0 Å². The van der Waals surface area contributed by atoms with Crippen molar-refractivity contribution in [3.05, 3.63) is 59.4 Å². The number of rotatable bonds is 7. The van der Waals surface area contributed by atoms with Crippen LogP contribution in [-0.2, 0) is 13.1 Å². The van der Waals surface area contributed by atoms with Crippen molar-refractivity contribution in [3.63, 3.8) is 0 Å². The number of hydrogen-bond donors (Lipinski definition) is 2. The molecule has 2 aromatic carbocycles. The van der Waals surface area contributed by atoms with Crippen LogP contribution in [0.1, 0.15) is 18.1 Å². The molecule has 0 aromatic heterocycles. The van der Waals surface area contributed by atoms with Crippen LogP contribution in [0.5, 0.6) is 11.5 Å². The number of aliphatic imine (C=N–C) groups is 1. The first-order valence-electron chi connectivity index (χ1n) is 8.15. The van der Waals surface area contributed by atoms with E-state index in [1.54, 1.807) is 26.3 Å². The van der Waals surface area contributed by atoms with Gasteiger partial charge >= 0.3 is 0 Å². The van der Waals surface area contributed by atoms with E-state index < -0.39 is 0 Å². The Hall–Kier alpha value is -2.76. The van der Waals surface area contributed by atoms with Gasteiger partial charge in [-0.1, -0.05) is 18.2 Å². The van der Waals surface area contributed by atoms with E-state index in [-0.39, 0.29) is 5.82 Å². The number of benzene rings is 2. The molecule has 25 heavy (non-hydrogen) atoms. The molecule has 0 aliphatic heterocycles. The smallest absolute Gasteiger partial charge is 0.191 e. The normalized spacial score (nSPS) is 11.1. The van der Waals surface area contributed by atoms with Gasteiger partial charge < -0.3 is 20.1 Å². The van der Waals surface area contributed by atoms with Crippen LogP contribution >= 0.6 is 0 Å². The first kappa shape index (κ1) is 18.6. The Bertz CT molecular complexity index is 702. The third-order valence-corrected chi connectivity index (χ3v) is 3.58. The molecule has 2 N–H and O–H groups in total. The Kier molecular flexibility index (Phi) is 7.07. The predicted octanol–water partition coefficient (Wildman–Crippen LogP) is 3.10. The van der Waals surface area contributed by atoms with E-state index in [0.29, 0.717) is 31.4 Å². The van der Waals surface area contributed by atoms with Gasteiger partial charge in [-0.15, -0.1) is 0 Å². The molecule has 0 fully saturated rings. The van der Waals surface area contributed by atoms with Crippen molar-refractivity contribution in [1.82, 2.24) is 10.6 Å². The Morgan fingerprint density at radius 3 is 2.24 bits per heavy atom. The summed E-state index contributed by atoms with van der Waals surface area (Å²) in [5.41, 5.74) is 2.03. The highest BCUT2D eigenvalue weighted by Gasteiger charge is 2.06. The Morgan fingerprint density at radius 2 is 1.64 bits per heavy atom. The van der Waals surface area contributed by atoms with Crippen molar-refractivity contribution < 1.29 is 13.9 Å². The third kappa shape index (κ3) is 5.67. The van der Waals surface area contributed by atoms with E-state index >= 15 is 0 Å². The Balaban J connectivity index is 1.90. The summed E-state index contributed by atoms with van der Waals surface area (Å²) in [6.45, 7) is 3.68. The topological polar surface area (TPSA) is 54.9 Å². The standard InChI is InChI=1S/C19H24FN3O2/c1-4-25-17-10-7-15(11-18(17)24-3)13-23-19(21-2)22-12-14-5-8-16(20)9-6-14/h5-11H,4,12-13H2,1-3H3,(H2,21,22,23). The van der Waals surface area contributed by atoms with E-state index in [1.807, 2.05) is 25.1 Å². The van der Waals surface area contributed by atoms with Crippen LogP contribution in [0.15, 0.2) is 47.5 Å². The summed E-state index contributed by atoms with van der Waals surface area (Å²) in [5.74, 6) is 1.86. The highest BCUT2D eigenvalue weighted by molar-refractivity contribution is 5.79. The van der Waals surface area contributed by atoms with Gasteiger partial charge in [0.2, 0.25) is 0 Å². The maximum atomic E-state index is 12.9. The van der Waals surface area contributed by atoms with E-state index in [9.17, 15) is 4.39 Å². The number of methoxy groups -OCH3 is 1. The first-order valence-corrected chi connectivity index (χ1v) is 8.15. The van der Waals surface area contributed by atoms with E-state index in [1.165, 1.54) is 12.1 Å². The lowest BCUT2D eigenvalue weighted by molar-refractivity contribution is 0.310. The second-order valence-corrected chi connectivity index (χ2v) is 5.32. The lowest BCUT2D eigenvalue weighted by Crippen LogP contribution is -2.36. The van der Waals surface area contributed by atoms with Crippen LogP contribution in [0, 0.1) is 5.82 Å². The summed E-state index contributed by atoms with van der Waals surface area (Å²) in [4.78, 5) is 4.19. The summed E-state index contributed by atoms with van der Waals surface area (Å²) in [6, 6.07) is 12.2. The van der Waals surface area contributed by atoms with Gasteiger partial charge in [0.05, 0.1) is 13.7 Å². The molecule has 0 bridgehead atoms. The van der Waals surface area contributed by atoms with Crippen molar-refractivity contribution in [3.8, 4) is 11.5 Å². The van der Waals surface area contributed by atoms with Gasteiger partial charge in [0.15, 0.2) is 17.5 Å². The summed E-state index contributed by atoms with van der Waals surface area (Å²) >= 11 is 0. The zero-order chi connectivity index (χ0) is 18.1. The largest absolute Gasteiger partial charge is 0.493 e. The van der Waals surface area contributed by atoms with Gasteiger partial charge in [-0.2, -0.15) is 0 Å². The van der Waals surface area contributed by atoms with E-state index in [4.69, 9.17) is 9.47 Å². The second-order valence-electron chi connectivity index (χ2n) is 5.32. The van der Waals surface area contributed by atoms with Crippen molar-refractivity contribution in [2.24, 2.45) is 4.99 Å². The van der Waals surface area contributed by atoms with E-state index in [2.05, 4.69) is 15.6 Å². The van der Waals surface area contributed by atoms with Crippen LogP contribution in [0.25, 0.3) is 0 Å². The number of hydrogen-bond acceptors (Lipinski definition) is 3. The molecule has 0 heterocycles. The molecule has 0 unspecified atom stereocenters. The highest BCUT2D eigenvalue weighted by atomic mass is 19.1. The molecule has 5 nitrogen and oxygen atoms in total. The number of ether oxygens (including phenoxy) is 2. The van der Waals surface area contributed by atoms with Gasteiger partial charge in [0, 0.05) is 20.1 Å². The minimum absolute atomic E-state index is 0.240. The molecule has 0 aliphatic rings. The molecule has 0 saturated heterocycles. The monoisotopic (exact) mass is 345 g/mol. The van der Waals surface area contributed by atoms with Gasteiger partial charge in [0.1, 0.15) is 5.82 Å². The Labute approximate surface area is 147 Å². The second kappa shape index (κ2) is 9.52. The molecule has 0 spiro atoms. The average molecular weight is 345 g/mol. The average Bonchev–Trinajstić information content (AvgIpc) is 2.64. The summed E-state index contributed by atoms with van der Waals surface area (Å²) in [5, 5.41) is 6.43. The lowest BCUT2D eigenvalue weighted by atomic mass is 10.2. The van der Waals surface area contributed by atoms with Crippen LogP contribution in [0.4, 0.5) is 4.39 Å². The first-order chi connectivity index (χ1) is 12.2. The fourth-order valence-corrected chi connectivity index (χ4v) is 2.29. The maximum absolute atomic E-state index is 12.9. The van der Waals surface area contributed by atoms with Crippen molar-refractivity contribution in [2.75, 3.05) is 20.8 Å². The number of halogens is 1. The number of nitrogens with one attached hydrogen (secondary N) is 2. The number of nitrogens with zero attached hydrogens (tertiary/aromatic N) is 1. The van der Waals surface area contributed by atoms with Gasteiger partial charge in [-0.05, 0) is 42.3 Å². The maximum Gasteiger partial charge on any atom is 0.191 e. The van der Waals surface area contributed by atoms with Crippen LogP contribution < -0.4 is 20.1 Å². The summed E-state index contributed by atoms with van der Waals surface area (Å²) in [7, 11) is 3.33. The molecular formula is C19H24FN3O2. The molecule has 0 radical (unpaired) electrons. The molecule has 0 saturated carbocycles. The molecule has 6 heteroatoms. The predicted molar refractivity (Wildman–Crippen MR) is 97.6 cm³/mol. The minimum Gasteiger partial charge on any atom is -0.493 e. The SMILES string of the molecule is CCOc1ccc(CNC(=NC)NCc2ccc(F)cc2)cc1OC. The molecule has 0 aliphatic carbocycles. The van der Waals surface area contributed by atoms with Crippen molar-refractivity contribution >= 4 is 5.96 Å². The zero-order valence-electron chi connectivity index (χ0n) is 14.8. The summed E-state index contributed by atoms with van der Waals surface area (Å²) < 4.78 is 23.8. The minimum atomic E-state index is -0.240. The summed E-state index contributed by atoms with van der Waals surface area (Å²) in [6.07, 6.45) is 0. The van der Waals surface area contributed by atoms with Gasteiger partial charge in [-0.25, -0.2) is 4.39 Å². The number of guanidine groups is 1. The molecule has 2 rings (SSSR count). The quantitative estimate of drug-likeness (QED) is 0.598. The van der Waals surface area contributed by atoms with E-state index in [0.717, 1.165) is 16.9 Å². The molecule has 134 valence electrons. The van der Waals surface area contributed by atoms with Gasteiger partial charge in [-0.3, -0.25) is 4.99 Å². The van der Waals surface area contributed by atoms with Gasteiger partial charge in [0.25, 0.3) is 0 Å². The molecule has 2 aromatic rings. The Morgan fingerprint density at radius 1 is 1.00 bits per heavy atom. The van der Waals surface area contributed by atoms with Crippen LogP contribution in [-0.4, -0.2) is 26.7 Å². The molecular weight excluding hydrogens is 321 g/mol. The zero-order valence-corrected chi connectivity index (χ0v) is 14.8. The fourth-order valence-electron chi connectivity index (χ4n) is 2.29. The van der Waals surface area contributed by atoms with Crippen molar-refractivity contribution in [1.29, 1.82) is 0 Å². The molecule has 0 amide bonds. The third-order valence-electron chi connectivity index (χ3n) is 3.58. The lowest BCUT2D eigenvalue weighted by Gasteiger charge is -2.14. The fraction of sp³-hybridized carbons (Fsp3) is 0.316. The highest BCUT2D eigenvalue weighted by Crippen LogP contribution is 2.27.